The van der Waals surface area contributed by atoms with Gasteiger partial charge in [-0.1, -0.05) is 24.4 Å². The van der Waals surface area contributed by atoms with E-state index in [1.165, 1.54) is 19.3 Å². The first-order valence-corrected chi connectivity index (χ1v) is 5.82. The van der Waals surface area contributed by atoms with Crippen molar-refractivity contribution < 1.29 is 10.0 Å². The van der Waals surface area contributed by atoms with Gasteiger partial charge in [0.25, 0.3) is 0 Å². The zero-order chi connectivity index (χ0) is 12.1. The summed E-state index contributed by atoms with van der Waals surface area (Å²) in [5.74, 6) is -0.633. The van der Waals surface area contributed by atoms with E-state index < -0.39 is 5.92 Å². The summed E-state index contributed by atoms with van der Waals surface area (Å²) in [4.78, 5) is 13.7. The lowest BCUT2D eigenvalue weighted by molar-refractivity contribution is -0.134. The van der Waals surface area contributed by atoms with Crippen molar-refractivity contribution in [1.29, 1.82) is 0 Å². The number of hydrogen-bond acceptors (Lipinski definition) is 3. The monoisotopic (exact) mass is 227 g/mol. The Kier molecular flexibility index (Phi) is 4.58. The van der Waals surface area contributed by atoms with Gasteiger partial charge in [-0.2, -0.15) is 0 Å². The molecule has 0 aromatic heterocycles. The zero-order valence-electron chi connectivity index (χ0n) is 10.0. The molecule has 3 N–H and O–H groups in total. The quantitative estimate of drug-likeness (QED) is 0.328. The van der Waals surface area contributed by atoms with Crippen molar-refractivity contribution in [2.45, 2.75) is 45.1 Å². The molecule has 0 aromatic rings. The van der Waals surface area contributed by atoms with E-state index in [1.807, 2.05) is 0 Å². The molecule has 0 aromatic carbocycles. The summed E-state index contributed by atoms with van der Waals surface area (Å²) in [6, 6.07) is 0.315. The first-order chi connectivity index (χ1) is 7.57. The molecule has 5 nitrogen and oxygen atoms in total. The molecule has 0 aliphatic heterocycles. The Hall–Kier alpha value is -1.26. The van der Waals surface area contributed by atoms with E-state index in [0.29, 0.717) is 6.04 Å². The fraction of sp³-hybridized carbons (Fsp3) is 0.818. The van der Waals surface area contributed by atoms with Crippen LogP contribution >= 0.6 is 0 Å². The van der Waals surface area contributed by atoms with Gasteiger partial charge in [-0.05, 0) is 19.8 Å². The van der Waals surface area contributed by atoms with Crippen molar-refractivity contribution in [3.63, 3.8) is 0 Å². The number of nitrogens with two attached hydrogens (primary N) is 1. The van der Waals surface area contributed by atoms with E-state index in [0.717, 1.165) is 12.8 Å². The van der Waals surface area contributed by atoms with Gasteiger partial charge in [0.15, 0.2) is 5.84 Å². The fourth-order valence-electron chi connectivity index (χ4n) is 2.17. The van der Waals surface area contributed by atoms with E-state index in [4.69, 9.17) is 10.9 Å². The lowest BCUT2D eigenvalue weighted by Crippen LogP contribution is -2.44. The van der Waals surface area contributed by atoms with Crippen LogP contribution in [-0.2, 0) is 4.79 Å². The Morgan fingerprint density at radius 2 is 2.00 bits per heavy atom. The molecule has 0 heterocycles. The van der Waals surface area contributed by atoms with Crippen LogP contribution in [-0.4, -0.2) is 34.9 Å². The summed E-state index contributed by atoms with van der Waals surface area (Å²) < 4.78 is 0. The van der Waals surface area contributed by atoms with E-state index in [-0.39, 0.29) is 11.7 Å². The van der Waals surface area contributed by atoms with E-state index >= 15 is 0 Å². The molecule has 1 unspecified atom stereocenters. The highest BCUT2D eigenvalue weighted by molar-refractivity contribution is 6.01. The largest absolute Gasteiger partial charge is 0.409 e. The number of amidine groups is 1. The van der Waals surface area contributed by atoms with E-state index in [9.17, 15) is 4.79 Å². The third-order valence-corrected chi connectivity index (χ3v) is 3.40. The smallest absolute Gasteiger partial charge is 0.233 e. The van der Waals surface area contributed by atoms with Crippen molar-refractivity contribution in [1.82, 2.24) is 4.90 Å². The molecule has 92 valence electrons. The summed E-state index contributed by atoms with van der Waals surface area (Å²) in [6.45, 7) is 1.66. The molecule has 1 rings (SSSR count). The lowest BCUT2D eigenvalue weighted by atomic mass is 9.93. The molecular formula is C11H21N3O2. The molecule has 1 saturated carbocycles. The molecule has 5 heteroatoms. The number of carbonyl (C=O) groups is 1. The van der Waals surface area contributed by atoms with Gasteiger partial charge < -0.3 is 15.8 Å². The van der Waals surface area contributed by atoms with Crippen LogP contribution in [0.15, 0.2) is 5.16 Å². The maximum atomic E-state index is 12.0. The second kappa shape index (κ2) is 5.72. The Morgan fingerprint density at radius 1 is 1.44 bits per heavy atom. The minimum atomic E-state index is -0.545. The van der Waals surface area contributed by atoms with Crippen LogP contribution in [0.5, 0.6) is 0 Å². The van der Waals surface area contributed by atoms with Gasteiger partial charge in [-0.25, -0.2) is 0 Å². The lowest BCUT2D eigenvalue weighted by Gasteiger charge is -2.32. The second-order valence-electron chi connectivity index (χ2n) is 4.49. The Morgan fingerprint density at radius 3 is 2.50 bits per heavy atom. The van der Waals surface area contributed by atoms with Crippen molar-refractivity contribution in [2.24, 2.45) is 16.8 Å². The highest BCUT2D eigenvalue weighted by atomic mass is 16.4. The summed E-state index contributed by atoms with van der Waals surface area (Å²) in [6.07, 6.45) is 5.74. The first kappa shape index (κ1) is 12.8. The normalized spacial score (nSPS) is 20.5. The number of oxime groups is 1. The second-order valence-corrected chi connectivity index (χ2v) is 4.49. The van der Waals surface area contributed by atoms with Crippen LogP contribution < -0.4 is 5.73 Å². The average Bonchev–Trinajstić information content (AvgIpc) is 2.36. The molecule has 1 atom stereocenters. The van der Waals surface area contributed by atoms with Crippen LogP contribution in [0.1, 0.15) is 39.0 Å². The van der Waals surface area contributed by atoms with Gasteiger partial charge in [-0.15, -0.1) is 0 Å². The van der Waals surface area contributed by atoms with E-state index in [2.05, 4.69) is 5.16 Å². The SMILES string of the molecule is CC(C(=O)N(C)C1CCCCC1)C(N)=NO. The third-order valence-electron chi connectivity index (χ3n) is 3.40. The standard InChI is InChI=1S/C11H21N3O2/c1-8(10(12)13-16)11(15)14(2)9-6-4-3-5-7-9/h8-9,16H,3-7H2,1-2H3,(H2,12,13). The van der Waals surface area contributed by atoms with Crippen molar-refractivity contribution in [2.75, 3.05) is 7.05 Å². The molecule has 0 spiro atoms. The molecule has 1 aliphatic rings. The Labute approximate surface area is 96.3 Å². The fourth-order valence-corrected chi connectivity index (χ4v) is 2.17. The average molecular weight is 227 g/mol. The van der Waals surface area contributed by atoms with Crippen LogP contribution in [0.2, 0.25) is 0 Å². The maximum Gasteiger partial charge on any atom is 0.233 e. The number of amides is 1. The summed E-state index contributed by atoms with van der Waals surface area (Å²) in [5, 5.41) is 11.4. The molecular weight excluding hydrogens is 206 g/mol. The number of nitrogens with zero attached hydrogens (tertiary/aromatic N) is 2. The van der Waals surface area contributed by atoms with E-state index in [1.54, 1.807) is 18.9 Å². The molecule has 0 saturated heterocycles. The molecule has 0 bridgehead atoms. The molecule has 1 fully saturated rings. The van der Waals surface area contributed by atoms with Gasteiger partial charge in [-0.3, -0.25) is 4.79 Å². The number of hydrogen-bond donors (Lipinski definition) is 2. The predicted molar refractivity (Wildman–Crippen MR) is 62.2 cm³/mol. The van der Waals surface area contributed by atoms with Crippen molar-refractivity contribution in [3.8, 4) is 0 Å². The zero-order valence-corrected chi connectivity index (χ0v) is 10.0. The van der Waals surface area contributed by atoms with Gasteiger partial charge in [0.05, 0.1) is 5.92 Å². The highest BCUT2D eigenvalue weighted by Gasteiger charge is 2.27. The van der Waals surface area contributed by atoms with Crippen molar-refractivity contribution in [3.05, 3.63) is 0 Å². The Balaban J connectivity index is 2.58. The van der Waals surface area contributed by atoms with Crippen LogP contribution in [0, 0.1) is 5.92 Å². The van der Waals surface area contributed by atoms with Gasteiger partial charge in [0.1, 0.15) is 0 Å². The van der Waals surface area contributed by atoms with Gasteiger partial charge in [0.2, 0.25) is 5.91 Å². The van der Waals surface area contributed by atoms with Crippen LogP contribution in [0.25, 0.3) is 0 Å². The predicted octanol–water partition coefficient (Wildman–Crippen LogP) is 1.16. The summed E-state index contributed by atoms with van der Waals surface area (Å²) in [7, 11) is 1.81. The third kappa shape index (κ3) is 2.87. The minimum absolute atomic E-state index is 0.0207. The number of rotatable bonds is 3. The van der Waals surface area contributed by atoms with Crippen LogP contribution in [0.4, 0.5) is 0 Å². The molecule has 0 radical (unpaired) electrons. The van der Waals surface area contributed by atoms with Crippen LogP contribution in [0.3, 0.4) is 0 Å². The number of carbonyl (C=O) groups excluding carboxylic acids is 1. The molecule has 16 heavy (non-hydrogen) atoms. The van der Waals surface area contributed by atoms with Gasteiger partial charge in [0, 0.05) is 13.1 Å². The maximum absolute atomic E-state index is 12.0. The summed E-state index contributed by atoms with van der Waals surface area (Å²) >= 11 is 0. The molecule has 1 aliphatic carbocycles. The van der Waals surface area contributed by atoms with Crippen molar-refractivity contribution >= 4 is 11.7 Å². The Bertz CT molecular complexity index is 272. The minimum Gasteiger partial charge on any atom is -0.409 e. The first-order valence-electron chi connectivity index (χ1n) is 5.82. The molecule has 1 amide bonds. The highest BCUT2D eigenvalue weighted by Crippen LogP contribution is 2.22. The topological polar surface area (TPSA) is 78.9 Å². The summed E-state index contributed by atoms with van der Waals surface area (Å²) in [5.41, 5.74) is 5.44. The van der Waals surface area contributed by atoms with Gasteiger partial charge >= 0.3 is 0 Å².